The van der Waals surface area contributed by atoms with Gasteiger partial charge in [-0.25, -0.2) is 4.79 Å². The molecule has 0 aromatic heterocycles. The zero-order chi connectivity index (χ0) is 14.3. The zero-order valence-corrected chi connectivity index (χ0v) is 11.4. The van der Waals surface area contributed by atoms with Gasteiger partial charge in [-0.15, -0.1) is 0 Å². The van der Waals surface area contributed by atoms with Crippen molar-refractivity contribution in [1.29, 1.82) is 0 Å². The standard InChI is InChI=1S/C12H22N2O4/c1-8(12(2,3)4)7-13-11(18)14-9(15)5-6-10(16)17/h8H,5-7H2,1-4H3,(H,16,17)(H2,13,14,15,18). The van der Waals surface area contributed by atoms with Gasteiger partial charge in [0.2, 0.25) is 5.91 Å². The Balaban J connectivity index is 3.91. The topological polar surface area (TPSA) is 95.5 Å². The van der Waals surface area contributed by atoms with Crippen LogP contribution in [0.3, 0.4) is 0 Å². The van der Waals surface area contributed by atoms with Gasteiger partial charge in [0.25, 0.3) is 0 Å². The van der Waals surface area contributed by atoms with Crippen LogP contribution in [0, 0.1) is 11.3 Å². The number of imide groups is 1. The van der Waals surface area contributed by atoms with Crippen LogP contribution in [0.2, 0.25) is 0 Å². The summed E-state index contributed by atoms with van der Waals surface area (Å²) in [6.07, 6.45) is -0.477. The first-order chi connectivity index (χ1) is 8.12. The van der Waals surface area contributed by atoms with Gasteiger partial charge in [-0.2, -0.15) is 0 Å². The number of amides is 3. The second kappa shape index (κ2) is 6.98. The van der Waals surface area contributed by atoms with E-state index in [-0.39, 0.29) is 24.2 Å². The Morgan fingerprint density at radius 2 is 1.72 bits per heavy atom. The van der Waals surface area contributed by atoms with Gasteiger partial charge in [0.05, 0.1) is 6.42 Å². The number of carboxylic acid groups (broad SMARTS) is 1. The molecular formula is C12H22N2O4. The SMILES string of the molecule is CC(CNC(=O)NC(=O)CCC(=O)O)C(C)(C)C. The molecule has 0 spiro atoms. The molecule has 0 fully saturated rings. The highest BCUT2D eigenvalue weighted by atomic mass is 16.4. The lowest BCUT2D eigenvalue weighted by atomic mass is 9.82. The maximum Gasteiger partial charge on any atom is 0.321 e. The molecule has 0 aromatic rings. The Kier molecular flexibility index (Phi) is 6.36. The molecule has 0 radical (unpaired) electrons. The summed E-state index contributed by atoms with van der Waals surface area (Å²) < 4.78 is 0. The predicted octanol–water partition coefficient (Wildman–Crippen LogP) is 1.36. The van der Waals surface area contributed by atoms with Crippen molar-refractivity contribution in [3.63, 3.8) is 0 Å². The molecule has 0 rings (SSSR count). The molecule has 0 saturated carbocycles. The van der Waals surface area contributed by atoms with Crippen molar-refractivity contribution in [1.82, 2.24) is 10.6 Å². The van der Waals surface area contributed by atoms with Crippen molar-refractivity contribution < 1.29 is 19.5 Å². The summed E-state index contributed by atoms with van der Waals surface area (Å²) in [4.78, 5) is 32.7. The summed E-state index contributed by atoms with van der Waals surface area (Å²) >= 11 is 0. The number of carboxylic acids is 1. The number of hydrogen-bond donors (Lipinski definition) is 3. The van der Waals surface area contributed by atoms with Crippen LogP contribution in [-0.2, 0) is 9.59 Å². The minimum Gasteiger partial charge on any atom is -0.481 e. The third kappa shape index (κ3) is 7.65. The second-order valence-corrected chi connectivity index (χ2v) is 5.42. The molecule has 0 aliphatic heterocycles. The minimum absolute atomic E-state index is 0.0700. The average Bonchev–Trinajstić information content (AvgIpc) is 2.21. The molecule has 1 atom stereocenters. The molecule has 0 aliphatic carbocycles. The highest BCUT2D eigenvalue weighted by molar-refractivity contribution is 5.95. The Bertz CT molecular complexity index is 321. The fourth-order valence-corrected chi connectivity index (χ4v) is 1.01. The predicted molar refractivity (Wildman–Crippen MR) is 67.0 cm³/mol. The molecule has 1 unspecified atom stereocenters. The summed E-state index contributed by atoms with van der Waals surface area (Å²) in [5.74, 6) is -1.39. The van der Waals surface area contributed by atoms with Gasteiger partial charge in [-0.1, -0.05) is 27.7 Å². The van der Waals surface area contributed by atoms with Crippen molar-refractivity contribution >= 4 is 17.9 Å². The van der Waals surface area contributed by atoms with Crippen molar-refractivity contribution in [2.45, 2.75) is 40.5 Å². The molecule has 0 saturated heterocycles. The van der Waals surface area contributed by atoms with Crippen LogP contribution in [0.25, 0.3) is 0 Å². The van der Waals surface area contributed by atoms with Crippen LogP contribution in [-0.4, -0.2) is 29.6 Å². The van der Waals surface area contributed by atoms with Crippen LogP contribution in [0.15, 0.2) is 0 Å². The summed E-state index contributed by atoms with van der Waals surface area (Å²) in [7, 11) is 0. The maximum atomic E-state index is 11.3. The molecule has 0 aliphatic rings. The van der Waals surface area contributed by atoms with Gasteiger partial charge >= 0.3 is 12.0 Å². The van der Waals surface area contributed by atoms with Gasteiger partial charge in [-0.3, -0.25) is 14.9 Å². The maximum absolute atomic E-state index is 11.3. The number of urea groups is 1. The normalized spacial score (nSPS) is 12.7. The Morgan fingerprint density at radius 3 is 2.17 bits per heavy atom. The zero-order valence-electron chi connectivity index (χ0n) is 11.4. The Morgan fingerprint density at radius 1 is 1.17 bits per heavy atom. The lowest BCUT2D eigenvalue weighted by Crippen LogP contribution is -2.42. The van der Waals surface area contributed by atoms with Crippen LogP contribution in [0.4, 0.5) is 4.79 Å². The molecule has 0 heterocycles. The largest absolute Gasteiger partial charge is 0.481 e. The fraction of sp³-hybridized carbons (Fsp3) is 0.750. The molecule has 0 bridgehead atoms. The monoisotopic (exact) mass is 258 g/mol. The molecule has 3 amide bonds. The van der Waals surface area contributed by atoms with E-state index in [1.807, 2.05) is 6.92 Å². The summed E-state index contributed by atoms with van der Waals surface area (Å²) in [6, 6.07) is -0.582. The lowest BCUT2D eigenvalue weighted by Gasteiger charge is -2.27. The van der Waals surface area contributed by atoms with Crippen LogP contribution in [0.5, 0.6) is 0 Å². The number of hydrogen-bond acceptors (Lipinski definition) is 3. The van der Waals surface area contributed by atoms with E-state index in [0.717, 1.165) is 0 Å². The quantitative estimate of drug-likeness (QED) is 0.693. The summed E-state index contributed by atoms with van der Waals surface area (Å²) in [6.45, 7) is 8.66. The first kappa shape index (κ1) is 16.4. The summed E-state index contributed by atoms with van der Waals surface area (Å²) in [5.41, 5.74) is 0.0700. The van der Waals surface area contributed by atoms with E-state index >= 15 is 0 Å². The van der Waals surface area contributed by atoms with Crippen molar-refractivity contribution in [3.8, 4) is 0 Å². The summed E-state index contributed by atoms with van der Waals surface area (Å²) in [5, 5.41) is 13.1. The first-order valence-corrected chi connectivity index (χ1v) is 5.92. The Labute approximate surface area is 107 Å². The van der Waals surface area contributed by atoms with E-state index in [1.54, 1.807) is 0 Å². The third-order valence-corrected chi connectivity index (χ3v) is 2.87. The van der Waals surface area contributed by atoms with E-state index in [1.165, 1.54) is 0 Å². The van der Waals surface area contributed by atoms with E-state index < -0.39 is 17.9 Å². The van der Waals surface area contributed by atoms with Crippen LogP contribution >= 0.6 is 0 Å². The van der Waals surface area contributed by atoms with Gasteiger partial charge in [0.1, 0.15) is 0 Å². The van der Waals surface area contributed by atoms with E-state index in [0.29, 0.717) is 6.54 Å². The number of carbonyl (C=O) groups excluding carboxylic acids is 2. The van der Waals surface area contributed by atoms with E-state index in [2.05, 4.69) is 31.4 Å². The molecule has 6 nitrogen and oxygen atoms in total. The third-order valence-electron chi connectivity index (χ3n) is 2.87. The number of rotatable bonds is 5. The molecule has 18 heavy (non-hydrogen) atoms. The second-order valence-electron chi connectivity index (χ2n) is 5.42. The van der Waals surface area contributed by atoms with Gasteiger partial charge in [0.15, 0.2) is 0 Å². The van der Waals surface area contributed by atoms with Crippen molar-refractivity contribution in [3.05, 3.63) is 0 Å². The van der Waals surface area contributed by atoms with Gasteiger partial charge in [0, 0.05) is 13.0 Å². The lowest BCUT2D eigenvalue weighted by molar-refractivity contribution is -0.138. The first-order valence-electron chi connectivity index (χ1n) is 5.92. The van der Waals surface area contributed by atoms with E-state index in [9.17, 15) is 14.4 Å². The minimum atomic E-state index is -1.06. The number of carbonyl (C=O) groups is 3. The fourth-order valence-electron chi connectivity index (χ4n) is 1.01. The average molecular weight is 258 g/mol. The smallest absolute Gasteiger partial charge is 0.321 e. The molecule has 6 heteroatoms. The molecule has 104 valence electrons. The number of aliphatic carboxylic acids is 1. The molecular weight excluding hydrogens is 236 g/mol. The van der Waals surface area contributed by atoms with Crippen LogP contribution in [0.1, 0.15) is 40.5 Å². The van der Waals surface area contributed by atoms with Crippen LogP contribution < -0.4 is 10.6 Å². The van der Waals surface area contributed by atoms with Crippen molar-refractivity contribution in [2.24, 2.45) is 11.3 Å². The highest BCUT2D eigenvalue weighted by Gasteiger charge is 2.20. The molecule has 0 aromatic carbocycles. The number of nitrogens with one attached hydrogen (secondary N) is 2. The van der Waals surface area contributed by atoms with Gasteiger partial charge < -0.3 is 10.4 Å². The van der Waals surface area contributed by atoms with Crippen molar-refractivity contribution in [2.75, 3.05) is 6.54 Å². The van der Waals surface area contributed by atoms with E-state index in [4.69, 9.17) is 5.11 Å². The Hall–Kier alpha value is -1.59. The molecule has 3 N–H and O–H groups in total. The van der Waals surface area contributed by atoms with Gasteiger partial charge in [-0.05, 0) is 11.3 Å². The highest BCUT2D eigenvalue weighted by Crippen LogP contribution is 2.24.